The van der Waals surface area contributed by atoms with E-state index in [-0.39, 0.29) is 37.8 Å². The molecule has 2 aromatic rings. The fourth-order valence-corrected chi connectivity index (χ4v) is 3.66. The number of Topliss-reactive ketones (excluding diaryl/α,β-unsaturated/α-hetero) is 1. The van der Waals surface area contributed by atoms with Crippen molar-refractivity contribution in [3.8, 4) is 0 Å². The number of aromatic nitrogens is 3. The van der Waals surface area contributed by atoms with Crippen LogP contribution >= 0.6 is 0 Å². The zero-order valence-corrected chi connectivity index (χ0v) is 14.9. The van der Waals surface area contributed by atoms with Gasteiger partial charge in [-0.15, -0.1) is 0 Å². The molecule has 2 N–H and O–H groups in total. The molecule has 2 aromatic heterocycles. The second-order valence-electron chi connectivity index (χ2n) is 7.53. The molecule has 1 aliphatic heterocycles. The van der Waals surface area contributed by atoms with E-state index in [0.29, 0.717) is 23.4 Å². The van der Waals surface area contributed by atoms with Gasteiger partial charge in [0.05, 0.1) is 24.5 Å². The summed E-state index contributed by atoms with van der Waals surface area (Å²) in [4.78, 5) is 34.1. The fraction of sp³-hybridized carbons (Fsp3) is 0.600. The molecule has 146 valence electrons. The van der Waals surface area contributed by atoms with Crippen LogP contribution in [0.5, 0.6) is 0 Å². The highest BCUT2D eigenvalue weighted by Gasteiger charge is 2.27. The Morgan fingerprint density at radius 2 is 2.11 bits per heavy atom. The smallest absolute Gasteiger partial charge is 0.280 e. The minimum absolute atomic E-state index is 0. The van der Waals surface area contributed by atoms with Crippen LogP contribution in [0.15, 0.2) is 17.2 Å². The normalized spacial score (nSPS) is 22.4. The number of nitrogens with zero attached hydrogens (tertiary/aromatic N) is 3. The predicted octanol–water partition coefficient (Wildman–Crippen LogP) is 1.69. The highest BCUT2D eigenvalue weighted by atomic mass is 16.3. The summed E-state index contributed by atoms with van der Waals surface area (Å²) in [6, 6.07) is 1.78. The van der Waals surface area contributed by atoms with Gasteiger partial charge in [-0.1, -0.05) is 7.43 Å². The number of hydrogen-bond donors (Lipinski definition) is 2. The van der Waals surface area contributed by atoms with Gasteiger partial charge in [0, 0.05) is 24.1 Å². The fourth-order valence-electron chi connectivity index (χ4n) is 3.66. The lowest BCUT2D eigenvalue weighted by molar-refractivity contribution is -0.121. The van der Waals surface area contributed by atoms with E-state index in [1.165, 1.54) is 10.9 Å². The quantitative estimate of drug-likeness (QED) is 0.829. The number of aliphatic hydroxyl groups excluding tert-OH is 1. The lowest BCUT2D eigenvalue weighted by Crippen LogP contribution is -2.46. The first-order chi connectivity index (χ1) is 12.5. The Morgan fingerprint density at radius 1 is 1.33 bits per heavy atom. The number of aryl methyl sites for hydroxylation is 1. The third-order valence-electron chi connectivity index (χ3n) is 5.33. The van der Waals surface area contributed by atoms with Crippen LogP contribution in [0, 0.1) is 6.92 Å². The third kappa shape index (κ3) is 4.09. The standard InChI is InChI=1S/C19H24N4O3.CH4/c1-11-7-14(12-4-5-12)22-18-17(11)21-10-23(19(18)26)9-13(24)8-15-16(25)3-2-6-20-15;/h7,10,12,15-16,20,25H,2-6,8-9H2,1H3;1H4/t15-,16+;/m1./s1. The molecular weight excluding hydrogens is 344 g/mol. The van der Waals surface area contributed by atoms with Crippen LogP contribution in [0.1, 0.15) is 56.7 Å². The van der Waals surface area contributed by atoms with Gasteiger partial charge >= 0.3 is 0 Å². The van der Waals surface area contributed by atoms with Gasteiger partial charge < -0.3 is 10.4 Å². The van der Waals surface area contributed by atoms with Gasteiger partial charge in [-0.05, 0) is 50.8 Å². The van der Waals surface area contributed by atoms with E-state index >= 15 is 0 Å². The van der Waals surface area contributed by atoms with Crippen molar-refractivity contribution >= 4 is 16.8 Å². The molecule has 1 aliphatic carbocycles. The molecule has 2 fully saturated rings. The first-order valence-corrected chi connectivity index (χ1v) is 9.33. The van der Waals surface area contributed by atoms with Gasteiger partial charge in [0.25, 0.3) is 5.56 Å². The number of ketones is 1. The van der Waals surface area contributed by atoms with E-state index in [9.17, 15) is 14.7 Å². The van der Waals surface area contributed by atoms with E-state index in [1.807, 2.05) is 13.0 Å². The van der Waals surface area contributed by atoms with Crippen LogP contribution in [0.4, 0.5) is 0 Å². The molecule has 7 heteroatoms. The van der Waals surface area contributed by atoms with E-state index < -0.39 is 6.10 Å². The summed E-state index contributed by atoms with van der Waals surface area (Å²) in [6.07, 6.45) is 4.97. The minimum Gasteiger partial charge on any atom is -0.391 e. The maximum Gasteiger partial charge on any atom is 0.280 e. The van der Waals surface area contributed by atoms with E-state index in [1.54, 1.807) is 0 Å². The Balaban J connectivity index is 0.00000210. The monoisotopic (exact) mass is 372 g/mol. The largest absolute Gasteiger partial charge is 0.391 e. The summed E-state index contributed by atoms with van der Waals surface area (Å²) in [5.74, 6) is 0.355. The van der Waals surface area contributed by atoms with Crippen LogP contribution in [0.3, 0.4) is 0 Å². The van der Waals surface area contributed by atoms with Gasteiger partial charge in [0.2, 0.25) is 0 Å². The molecular formula is C20H28N4O3. The average Bonchev–Trinajstić information content (AvgIpc) is 3.45. The van der Waals surface area contributed by atoms with Crippen LogP contribution in [0.2, 0.25) is 0 Å². The molecule has 2 aliphatic rings. The summed E-state index contributed by atoms with van der Waals surface area (Å²) in [6.45, 7) is 2.70. The Morgan fingerprint density at radius 3 is 2.81 bits per heavy atom. The third-order valence-corrected chi connectivity index (χ3v) is 5.33. The highest BCUT2D eigenvalue weighted by molar-refractivity contribution is 5.80. The number of carbonyl (C=O) groups is 1. The number of piperidine rings is 1. The van der Waals surface area contributed by atoms with Crippen molar-refractivity contribution in [2.24, 2.45) is 0 Å². The SMILES string of the molecule is C.Cc1cc(C2CC2)nc2c(=O)n(CC(=O)C[C@H]3NCCC[C@@H]3O)cnc12. The number of hydrogen-bond acceptors (Lipinski definition) is 6. The predicted molar refractivity (Wildman–Crippen MR) is 104 cm³/mol. The molecule has 1 saturated heterocycles. The van der Waals surface area contributed by atoms with Crippen molar-refractivity contribution in [1.82, 2.24) is 19.9 Å². The van der Waals surface area contributed by atoms with Crippen molar-refractivity contribution in [3.63, 3.8) is 0 Å². The number of carbonyl (C=O) groups excluding carboxylic acids is 1. The van der Waals surface area contributed by atoms with Crippen LogP contribution in [-0.2, 0) is 11.3 Å². The summed E-state index contributed by atoms with van der Waals surface area (Å²) in [5.41, 5.74) is 2.58. The number of fused-ring (bicyclic) bond motifs is 1. The second kappa shape index (κ2) is 7.86. The molecule has 1 saturated carbocycles. The van der Waals surface area contributed by atoms with Crippen LogP contribution in [0.25, 0.3) is 11.0 Å². The summed E-state index contributed by atoms with van der Waals surface area (Å²) >= 11 is 0. The Bertz CT molecular complexity index is 904. The second-order valence-corrected chi connectivity index (χ2v) is 7.53. The Hall–Kier alpha value is -2.12. The molecule has 2 atom stereocenters. The lowest BCUT2D eigenvalue weighted by Gasteiger charge is -2.28. The topological polar surface area (TPSA) is 97.1 Å². The van der Waals surface area contributed by atoms with E-state index in [0.717, 1.165) is 37.1 Å². The van der Waals surface area contributed by atoms with E-state index in [4.69, 9.17) is 0 Å². The maximum atomic E-state index is 12.8. The van der Waals surface area contributed by atoms with Gasteiger partial charge in [-0.3, -0.25) is 14.2 Å². The zero-order valence-electron chi connectivity index (χ0n) is 14.9. The van der Waals surface area contributed by atoms with Gasteiger partial charge in [0.15, 0.2) is 11.3 Å². The maximum absolute atomic E-state index is 12.8. The zero-order chi connectivity index (χ0) is 18.3. The molecule has 0 bridgehead atoms. The van der Waals surface area contributed by atoms with Crippen molar-refractivity contribution in [1.29, 1.82) is 0 Å². The molecule has 0 unspecified atom stereocenters. The molecule has 0 amide bonds. The van der Waals surface area contributed by atoms with Gasteiger partial charge in [-0.25, -0.2) is 9.97 Å². The number of pyridine rings is 1. The van der Waals surface area contributed by atoms with Crippen molar-refractivity contribution < 1.29 is 9.90 Å². The minimum atomic E-state index is -0.510. The number of nitrogens with one attached hydrogen (secondary N) is 1. The Kier molecular flexibility index (Phi) is 5.72. The number of rotatable bonds is 5. The molecule has 0 aromatic carbocycles. The van der Waals surface area contributed by atoms with Crippen molar-refractivity contribution in [2.75, 3.05) is 6.54 Å². The van der Waals surface area contributed by atoms with E-state index in [2.05, 4.69) is 15.3 Å². The Labute approximate surface area is 158 Å². The lowest BCUT2D eigenvalue weighted by atomic mass is 9.97. The summed E-state index contributed by atoms with van der Waals surface area (Å²) in [5, 5.41) is 13.2. The summed E-state index contributed by atoms with van der Waals surface area (Å²) < 4.78 is 1.34. The molecule has 0 spiro atoms. The summed E-state index contributed by atoms with van der Waals surface area (Å²) in [7, 11) is 0. The number of aliphatic hydroxyl groups is 1. The molecule has 4 rings (SSSR count). The average molecular weight is 372 g/mol. The molecule has 27 heavy (non-hydrogen) atoms. The van der Waals surface area contributed by atoms with Crippen LogP contribution in [-0.4, -0.2) is 44.1 Å². The molecule has 0 radical (unpaired) electrons. The molecule has 3 heterocycles. The van der Waals surface area contributed by atoms with Crippen LogP contribution < -0.4 is 10.9 Å². The van der Waals surface area contributed by atoms with Crippen molar-refractivity contribution in [3.05, 3.63) is 34.0 Å². The first kappa shape index (κ1) is 19.6. The molecule has 7 nitrogen and oxygen atoms in total. The first-order valence-electron chi connectivity index (χ1n) is 9.33. The van der Waals surface area contributed by atoms with Gasteiger partial charge in [-0.2, -0.15) is 0 Å². The van der Waals surface area contributed by atoms with Crippen molar-refractivity contribution in [2.45, 2.75) is 71.1 Å². The highest BCUT2D eigenvalue weighted by Crippen LogP contribution is 2.39. The van der Waals surface area contributed by atoms with Gasteiger partial charge in [0.1, 0.15) is 0 Å².